The molecule has 0 aliphatic carbocycles. The van der Waals surface area contributed by atoms with Crippen molar-refractivity contribution in [1.29, 1.82) is 0 Å². The van der Waals surface area contributed by atoms with Gasteiger partial charge in [-0.25, -0.2) is 0 Å². The second kappa shape index (κ2) is 7.09. The number of amides is 1. The second-order valence-electron chi connectivity index (χ2n) is 5.05. The lowest BCUT2D eigenvalue weighted by Crippen LogP contribution is -2.44. The largest absolute Gasteiger partial charge is 0.481 e. The molecule has 1 aliphatic rings. The lowest BCUT2D eigenvalue weighted by Gasteiger charge is -2.35. The number of hydrogen-bond acceptors (Lipinski definition) is 3. The maximum atomic E-state index is 12.4. The minimum absolute atomic E-state index is 0.0720. The topological polar surface area (TPSA) is 57.6 Å². The van der Waals surface area contributed by atoms with E-state index in [1.54, 1.807) is 6.07 Å². The van der Waals surface area contributed by atoms with Crippen molar-refractivity contribution in [3.05, 3.63) is 21.3 Å². The van der Waals surface area contributed by atoms with Gasteiger partial charge in [0.2, 0.25) is 5.91 Å². The number of hydrogen-bond donors (Lipinski definition) is 1. The van der Waals surface area contributed by atoms with Crippen molar-refractivity contribution in [3.63, 3.8) is 0 Å². The van der Waals surface area contributed by atoms with Crippen LogP contribution in [0.4, 0.5) is 0 Å². The summed E-state index contributed by atoms with van der Waals surface area (Å²) in [6, 6.07) is 3.75. The molecular formula is C14H18ClNO3S. The molecule has 2 rings (SSSR count). The zero-order valence-corrected chi connectivity index (χ0v) is 12.8. The first-order chi connectivity index (χ1) is 9.56. The fraction of sp³-hybridized carbons (Fsp3) is 0.571. The number of likely N-dealkylation sites (tertiary alicyclic amines) is 1. The Balaban J connectivity index is 1.95. The van der Waals surface area contributed by atoms with Crippen LogP contribution in [0.5, 0.6) is 0 Å². The van der Waals surface area contributed by atoms with Crippen LogP contribution in [0.25, 0.3) is 0 Å². The maximum absolute atomic E-state index is 12.4. The van der Waals surface area contributed by atoms with Crippen molar-refractivity contribution in [1.82, 2.24) is 4.90 Å². The van der Waals surface area contributed by atoms with E-state index < -0.39 is 5.97 Å². The van der Waals surface area contributed by atoms with Gasteiger partial charge in [0.1, 0.15) is 0 Å². The van der Waals surface area contributed by atoms with Crippen LogP contribution in [0.1, 0.15) is 37.0 Å². The Morgan fingerprint density at radius 3 is 2.85 bits per heavy atom. The van der Waals surface area contributed by atoms with Crippen LogP contribution < -0.4 is 0 Å². The highest BCUT2D eigenvalue weighted by molar-refractivity contribution is 7.16. The molecule has 110 valence electrons. The Morgan fingerprint density at radius 1 is 1.40 bits per heavy atom. The molecule has 2 heterocycles. The third-order valence-electron chi connectivity index (χ3n) is 3.59. The molecule has 1 aromatic rings. The third kappa shape index (κ3) is 4.21. The van der Waals surface area contributed by atoms with Crippen LogP contribution in [0.2, 0.25) is 4.34 Å². The molecule has 1 atom stereocenters. The molecule has 1 aromatic heterocycles. The van der Waals surface area contributed by atoms with Crippen molar-refractivity contribution in [2.45, 2.75) is 44.6 Å². The summed E-state index contributed by atoms with van der Waals surface area (Å²) in [4.78, 5) is 25.9. The zero-order chi connectivity index (χ0) is 14.5. The highest BCUT2D eigenvalue weighted by Crippen LogP contribution is 2.25. The zero-order valence-electron chi connectivity index (χ0n) is 11.2. The van der Waals surface area contributed by atoms with E-state index >= 15 is 0 Å². The van der Waals surface area contributed by atoms with Crippen LogP contribution in [-0.2, 0) is 16.0 Å². The number of nitrogens with zero attached hydrogens (tertiary/aromatic N) is 1. The molecule has 1 fully saturated rings. The van der Waals surface area contributed by atoms with Crippen molar-refractivity contribution < 1.29 is 14.7 Å². The third-order valence-corrected chi connectivity index (χ3v) is 4.82. The van der Waals surface area contributed by atoms with E-state index in [-0.39, 0.29) is 18.4 Å². The number of halogens is 1. The first kappa shape index (κ1) is 15.3. The SMILES string of the molecule is O=C(O)CCC1CCCCN1C(=O)Cc1ccc(Cl)s1. The van der Waals surface area contributed by atoms with Gasteiger partial charge < -0.3 is 10.0 Å². The summed E-state index contributed by atoms with van der Waals surface area (Å²) in [6.45, 7) is 0.738. The van der Waals surface area contributed by atoms with Crippen LogP contribution in [-0.4, -0.2) is 34.5 Å². The number of carbonyl (C=O) groups excluding carboxylic acids is 1. The summed E-state index contributed by atoms with van der Waals surface area (Å²) < 4.78 is 0.689. The Hall–Kier alpha value is -1.07. The lowest BCUT2D eigenvalue weighted by molar-refractivity contribution is -0.139. The Labute approximate surface area is 127 Å². The standard InChI is InChI=1S/C14H18ClNO3S/c15-12-6-5-11(20-12)9-13(17)16-8-2-1-3-10(16)4-7-14(18)19/h5-6,10H,1-4,7-9H2,(H,18,19). The van der Waals surface area contributed by atoms with E-state index in [1.165, 1.54) is 11.3 Å². The van der Waals surface area contributed by atoms with E-state index in [9.17, 15) is 9.59 Å². The number of piperidine rings is 1. The van der Waals surface area contributed by atoms with E-state index in [1.807, 2.05) is 11.0 Å². The van der Waals surface area contributed by atoms with E-state index in [4.69, 9.17) is 16.7 Å². The van der Waals surface area contributed by atoms with Gasteiger partial charge in [-0.2, -0.15) is 0 Å². The second-order valence-corrected chi connectivity index (χ2v) is 6.85. The van der Waals surface area contributed by atoms with E-state index in [2.05, 4.69) is 0 Å². The van der Waals surface area contributed by atoms with Crippen LogP contribution in [0, 0.1) is 0 Å². The highest BCUT2D eigenvalue weighted by Gasteiger charge is 2.27. The highest BCUT2D eigenvalue weighted by atomic mass is 35.5. The van der Waals surface area contributed by atoms with Gasteiger partial charge in [0.15, 0.2) is 0 Å². The smallest absolute Gasteiger partial charge is 0.303 e. The van der Waals surface area contributed by atoms with Gasteiger partial charge in [-0.3, -0.25) is 9.59 Å². The van der Waals surface area contributed by atoms with Gasteiger partial charge in [0, 0.05) is 23.9 Å². The molecule has 1 saturated heterocycles. The average Bonchev–Trinajstić information content (AvgIpc) is 2.82. The van der Waals surface area contributed by atoms with Gasteiger partial charge in [-0.05, 0) is 37.8 Å². The number of rotatable bonds is 5. The summed E-state index contributed by atoms with van der Waals surface area (Å²) in [7, 11) is 0. The Bertz CT molecular complexity index is 489. The molecule has 0 saturated carbocycles. The summed E-state index contributed by atoms with van der Waals surface area (Å²) in [5.74, 6) is -0.716. The number of carboxylic acids is 1. The van der Waals surface area contributed by atoms with Crippen LogP contribution >= 0.6 is 22.9 Å². The molecule has 0 aromatic carbocycles. The minimum Gasteiger partial charge on any atom is -0.481 e. The predicted octanol–water partition coefficient (Wildman–Crippen LogP) is 3.19. The monoisotopic (exact) mass is 315 g/mol. The number of thiophene rings is 1. The first-order valence-corrected chi connectivity index (χ1v) is 8.01. The van der Waals surface area contributed by atoms with Crippen LogP contribution in [0.3, 0.4) is 0 Å². The molecule has 1 aliphatic heterocycles. The van der Waals surface area contributed by atoms with Crippen molar-refractivity contribution >= 4 is 34.8 Å². The molecule has 1 unspecified atom stereocenters. The molecule has 0 bridgehead atoms. The number of aliphatic carboxylic acids is 1. The van der Waals surface area contributed by atoms with Crippen molar-refractivity contribution in [2.24, 2.45) is 0 Å². The Kier molecular flexibility index (Phi) is 5.43. The van der Waals surface area contributed by atoms with Crippen LogP contribution in [0.15, 0.2) is 12.1 Å². The van der Waals surface area contributed by atoms with Crippen molar-refractivity contribution in [3.8, 4) is 0 Å². The molecule has 4 nitrogen and oxygen atoms in total. The molecule has 0 radical (unpaired) electrons. The summed E-state index contributed by atoms with van der Waals surface area (Å²) in [6.07, 6.45) is 4.01. The fourth-order valence-electron chi connectivity index (χ4n) is 2.62. The fourth-order valence-corrected chi connectivity index (χ4v) is 3.70. The first-order valence-electron chi connectivity index (χ1n) is 6.81. The molecule has 1 N–H and O–H groups in total. The summed E-state index contributed by atoms with van der Waals surface area (Å²) in [5.41, 5.74) is 0. The molecule has 0 spiro atoms. The Morgan fingerprint density at radius 2 is 2.20 bits per heavy atom. The maximum Gasteiger partial charge on any atom is 0.303 e. The van der Waals surface area contributed by atoms with Gasteiger partial charge in [-0.15, -0.1) is 11.3 Å². The quantitative estimate of drug-likeness (QED) is 0.908. The van der Waals surface area contributed by atoms with E-state index in [0.29, 0.717) is 17.2 Å². The van der Waals surface area contributed by atoms with Gasteiger partial charge >= 0.3 is 5.97 Å². The average molecular weight is 316 g/mol. The predicted molar refractivity (Wildman–Crippen MR) is 79.3 cm³/mol. The molecule has 6 heteroatoms. The number of carbonyl (C=O) groups is 2. The summed E-state index contributed by atoms with van der Waals surface area (Å²) in [5, 5.41) is 8.79. The molecule has 1 amide bonds. The normalized spacial score (nSPS) is 19.1. The lowest BCUT2D eigenvalue weighted by atomic mass is 9.97. The van der Waals surface area contributed by atoms with Crippen molar-refractivity contribution in [2.75, 3.05) is 6.54 Å². The molecule has 20 heavy (non-hydrogen) atoms. The van der Waals surface area contributed by atoms with Gasteiger partial charge in [0.25, 0.3) is 0 Å². The number of carboxylic acid groups (broad SMARTS) is 1. The molecular weight excluding hydrogens is 298 g/mol. The van der Waals surface area contributed by atoms with Gasteiger partial charge in [-0.1, -0.05) is 11.6 Å². The summed E-state index contributed by atoms with van der Waals surface area (Å²) >= 11 is 7.29. The van der Waals surface area contributed by atoms with E-state index in [0.717, 1.165) is 30.7 Å². The minimum atomic E-state index is -0.798. The van der Waals surface area contributed by atoms with Gasteiger partial charge in [0.05, 0.1) is 10.8 Å².